The van der Waals surface area contributed by atoms with Gasteiger partial charge in [0.1, 0.15) is 6.04 Å². The second-order valence-electron chi connectivity index (χ2n) is 6.18. The van der Waals surface area contributed by atoms with Gasteiger partial charge in [-0.1, -0.05) is 0 Å². The molecular weight excluding hydrogens is 378 g/mol. The molecule has 0 aromatic carbocycles. The smallest absolute Gasteiger partial charge is 0.352 e. The van der Waals surface area contributed by atoms with Crippen molar-refractivity contribution in [2.75, 3.05) is 10.6 Å². The lowest BCUT2D eigenvalue weighted by Gasteiger charge is -2.20. The summed E-state index contributed by atoms with van der Waals surface area (Å²) in [5.74, 6) is -2.56. The van der Waals surface area contributed by atoms with Crippen molar-refractivity contribution < 1.29 is 22.4 Å². The van der Waals surface area contributed by atoms with Crippen molar-refractivity contribution in [1.29, 1.82) is 0 Å². The van der Waals surface area contributed by atoms with Gasteiger partial charge >= 0.3 is 6.18 Å². The molecule has 2 rings (SSSR count). The van der Waals surface area contributed by atoms with Crippen molar-refractivity contribution in [2.45, 2.75) is 57.2 Å². The van der Waals surface area contributed by atoms with Crippen LogP contribution in [-0.4, -0.2) is 44.4 Å². The van der Waals surface area contributed by atoms with Crippen molar-refractivity contribution in [2.24, 2.45) is 0 Å². The van der Waals surface area contributed by atoms with Crippen LogP contribution < -0.4 is 10.6 Å². The van der Waals surface area contributed by atoms with Crippen molar-refractivity contribution >= 4 is 34.9 Å². The maximum Gasteiger partial charge on any atom is 0.408 e. The quantitative estimate of drug-likeness (QED) is 0.584. The Morgan fingerprint density at radius 3 is 2.23 bits per heavy atom. The van der Waals surface area contributed by atoms with Gasteiger partial charge in [-0.15, -0.1) is 11.6 Å². The minimum absolute atomic E-state index is 0.0254. The maximum absolute atomic E-state index is 14.3. The van der Waals surface area contributed by atoms with E-state index in [0.717, 1.165) is 6.92 Å². The summed E-state index contributed by atoms with van der Waals surface area (Å²) in [7, 11) is 0. The van der Waals surface area contributed by atoms with Crippen LogP contribution in [0.2, 0.25) is 0 Å². The van der Waals surface area contributed by atoms with Gasteiger partial charge in [-0.2, -0.15) is 28.1 Å². The van der Waals surface area contributed by atoms with Gasteiger partial charge in [-0.3, -0.25) is 4.79 Å². The number of hydrogen-bond acceptors (Lipinski definition) is 6. The highest BCUT2D eigenvalue weighted by atomic mass is 35.5. The third-order valence-electron chi connectivity index (χ3n) is 3.57. The van der Waals surface area contributed by atoms with Crippen LogP contribution in [0.5, 0.6) is 0 Å². The van der Waals surface area contributed by atoms with E-state index >= 15 is 0 Å². The Bertz CT molecular complexity index is 722. The van der Waals surface area contributed by atoms with Crippen LogP contribution in [0.1, 0.15) is 39.4 Å². The third kappa shape index (κ3) is 4.80. The normalized spacial score (nSPS) is 19.7. The summed E-state index contributed by atoms with van der Waals surface area (Å²) in [4.78, 5) is 23.5. The fraction of sp³-hybridized carbons (Fsp3) is 0.600. The summed E-state index contributed by atoms with van der Waals surface area (Å²) in [6.45, 7) is 4.45. The number of carbonyl (C=O) groups excluding carboxylic acids is 1. The molecule has 0 radical (unpaired) electrons. The van der Waals surface area contributed by atoms with E-state index in [4.69, 9.17) is 11.6 Å². The molecule has 2 N–H and O–H groups in total. The lowest BCUT2D eigenvalue weighted by atomic mass is 9.96. The van der Waals surface area contributed by atoms with Crippen LogP contribution in [-0.2, 0) is 4.79 Å². The largest absolute Gasteiger partial charge is 0.408 e. The van der Waals surface area contributed by atoms with E-state index in [2.05, 4.69) is 25.6 Å². The van der Waals surface area contributed by atoms with Crippen LogP contribution in [0.15, 0.2) is 5.83 Å². The first-order valence-corrected chi connectivity index (χ1v) is 8.35. The van der Waals surface area contributed by atoms with Crippen LogP contribution >= 0.6 is 11.6 Å². The summed E-state index contributed by atoms with van der Waals surface area (Å²) in [6, 6.07) is -2.05. The second-order valence-corrected chi connectivity index (χ2v) is 6.70. The Kier molecular flexibility index (Phi) is 6.05. The average molecular weight is 396 g/mol. The Hall–Kier alpha value is -1.97. The molecule has 1 aliphatic carbocycles. The van der Waals surface area contributed by atoms with Gasteiger partial charge in [0.2, 0.25) is 17.7 Å². The van der Waals surface area contributed by atoms with E-state index < -0.39 is 29.2 Å². The zero-order chi connectivity index (χ0) is 19.6. The van der Waals surface area contributed by atoms with E-state index in [9.17, 15) is 22.4 Å². The van der Waals surface area contributed by atoms with E-state index in [1.54, 1.807) is 13.8 Å². The first kappa shape index (κ1) is 20.3. The molecule has 2 atom stereocenters. The highest BCUT2D eigenvalue weighted by Gasteiger charge is 2.37. The van der Waals surface area contributed by atoms with E-state index in [1.807, 2.05) is 0 Å². The van der Waals surface area contributed by atoms with Gasteiger partial charge in [0.05, 0.1) is 5.38 Å². The van der Waals surface area contributed by atoms with Gasteiger partial charge in [0.25, 0.3) is 0 Å². The number of aromatic nitrogens is 3. The number of rotatable bonds is 5. The average Bonchev–Trinajstić information content (AvgIpc) is 2.51. The van der Waals surface area contributed by atoms with Gasteiger partial charge in [-0.25, -0.2) is 4.39 Å². The highest BCUT2D eigenvalue weighted by molar-refractivity contribution is 6.34. The summed E-state index contributed by atoms with van der Waals surface area (Å²) in [6.07, 6.45) is -4.25. The van der Waals surface area contributed by atoms with Crippen molar-refractivity contribution in [3.63, 3.8) is 0 Å². The number of nitrogens with zero attached hydrogens (tertiary/aromatic N) is 3. The second kappa shape index (κ2) is 7.73. The summed E-state index contributed by atoms with van der Waals surface area (Å²) < 4.78 is 52.6. The van der Waals surface area contributed by atoms with Gasteiger partial charge in [-0.05, 0) is 33.6 Å². The first-order valence-electron chi connectivity index (χ1n) is 7.92. The number of alkyl halides is 4. The van der Waals surface area contributed by atoms with Crippen LogP contribution in [0.3, 0.4) is 0 Å². The molecule has 0 aliphatic heterocycles. The number of halogens is 5. The first-order chi connectivity index (χ1) is 12.0. The molecule has 1 unspecified atom stereocenters. The molecule has 6 nitrogen and oxygen atoms in total. The molecule has 1 aromatic heterocycles. The Labute approximate surface area is 152 Å². The number of allylic oxidation sites excluding steroid dienone is 2. The lowest BCUT2D eigenvalue weighted by Crippen LogP contribution is -2.34. The monoisotopic (exact) mass is 395 g/mol. The maximum atomic E-state index is 14.3. The molecule has 0 saturated heterocycles. The molecule has 26 heavy (non-hydrogen) atoms. The minimum Gasteiger partial charge on any atom is -0.352 e. The Morgan fingerprint density at radius 1 is 1.12 bits per heavy atom. The minimum atomic E-state index is -4.52. The van der Waals surface area contributed by atoms with E-state index in [0.29, 0.717) is 0 Å². The Morgan fingerprint density at radius 2 is 1.69 bits per heavy atom. The molecule has 1 aromatic rings. The predicted octanol–water partition coefficient (Wildman–Crippen LogP) is 3.71. The fourth-order valence-corrected chi connectivity index (χ4v) is 2.39. The van der Waals surface area contributed by atoms with Gasteiger partial charge in [0.15, 0.2) is 11.7 Å². The molecule has 0 fully saturated rings. The standard InChI is InChI=1S/C15H18ClF4N5O/c1-6(2)21-13-23-12(8-4-5-9(16)11(26)10(8)17)24-14(25-13)22-7(3)15(18,19)20/h6-7,9H,4-5H2,1-3H3,(H2,21,22,23,24,25)/t7-,9?/m1/s1. The van der Waals surface area contributed by atoms with Gasteiger partial charge < -0.3 is 10.6 Å². The summed E-state index contributed by atoms with van der Waals surface area (Å²) >= 11 is 5.74. The van der Waals surface area contributed by atoms with E-state index in [-0.39, 0.29) is 42.2 Å². The van der Waals surface area contributed by atoms with Crippen molar-refractivity contribution in [1.82, 2.24) is 15.0 Å². The molecule has 144 valence electrons. The third-order valence-corrected chi connectivity index (χ3v) is 3.99. The Balaban J connectivity index is 2.45. The zero-order valence-corrected chi connectivity index (χ0v) is 15.0. The molecule has 11 heteroatoms. The summed E-state index contributed by atoms with van der Waals surface area (Å²) in [5, 5.41) is 3.98. The number of ketones is 1. The fourth-order valence-electron chi connectivity index (χ4n) is 2.18. The zero-order valence-electron chi connectivity index (χ0n) is 14.3. The van der Waals surface area contributed by atoms with Crippen LogP contribution in [0.25, 0.3) is 5.57 Å². The molecule has 1 aliphatic rings. The molecular formula is C15H18ClF4N5O. The molecule has 0 bridgehead atoms. The number of nitrogens with one attached hydrogen (secondary N) is 2. The number of Topliss-reactive ketones (excluding diaryl/α,β-unsaturated/α-hetero) is 1. The molecule has 0 amide bonds. The van der Waals surface area contributed by atoms with Crippen molar-refractivity contribution in [3.8, 4) is 0 Å². The summed E-state index contributed by atoms with van der Waals surface area (Å²) in [5.41, 5.74) is -0.0937. The van der Waals surface area contributed by atoms with Crippen LogP contribution in [0, 0.1) is 0 Å². The lowest BCUT2D eigenvalue weighted by molar-refractivity contribution is -0.138. The number of carbonyl (C=O) groups is 1. The predicted molar refractivity (Wildman–Crippen MR) is 89.6 cm³/mol. The van der Waals surface area contributed by atoms with Gasteiger partial charge in [0, 0.05) is 11.6 Å². The topological polar surface area (TPSA) is 79.8 Å². The highest BCUT2D eigenvalue weighted by Crippen LogP contribution is 2.32. The molecule has 1 heterocycles. The van der Waals surface area contributed by atoms with Crippen molar-refractivity contribution in [3.05, 3.63) is 11.7 Å². The molecule has 0 spiro atoms. The number of anilines is 2. The number of hydrogen-bond donors (Lipinski definition) is 2. The SMILES string of the molecule is CC(C)Nc1nc(N[C@H](C)C(F)(F)F)nc(C2=C(F)C(=O)C(Cl)CC2)n1. The van der Waals surface area contributed by atoms with E-state index in [1.165, 1.54) is 0 Å². The van der Waals surface area contributed by atoms with Crippen LogP contribution in [0.4, 0.5) is 29.5 Å². The molecule has 0 saturated carbocycles.